The molecule has 1 heterocycles. The molecule has 1 saturated heterocycles. The van der Waals surface area contributed by atoms with Crippen LogP contribution in [-0.2, 0) is 6.42 Å². The number of rotatable bonds is 6. The third kappa shape index (κ3) is 6.60. The summed E-state index contributed by atoms with van der Waals surface area (Å²) in [5, 5.41) is 6.12. The van der Waals surface area contributed by atoms with Gasteiger partial charge in [-0.15, -0.1) is 24.0 Å². The summed E-state index contributed by atoms with van der Waals surface area (Å²) in [7, 11) is 1.65. The third-order valence-corrected chi connectivity index (χ3v) is 5.91. The van der Waals surface area contributed by atoms with Crippen LogP contribution < -0.4 is 15.5 Å². The number of piperazine rings is 1. The normalized spacial score (nSPS) is 14.1. The predicted molar refractivity (Wildman–Crippen MR) is 145 cm³/mol. The summed E-state index contributed by atoms with van der Waals surface area (Å²) in [5.74, 6) is 0.922. The lowest BCUT2D eigenvalue weighted by Gasteiger charge is -2.38. The van der Waals surface area contributed by atoms with E-state index in [0.717, 1.165) is 50.7 Å². The Hall–Kier alpha value is -2.29. The fraction of sp³-hybridized carbons (Fsp3) is 0.440. The standard InChI is InChI=1S/C25H35N5O.HI/c1-5-27-25(28-13-12-21-9-7-10-22(18-21)24(31)26-4)30-16-14-29(15-17-30)23-11-6-8-19(2)20(23)3;/h6-11,18H,5,12-17H2,1-4H3,(H,26,31)(H,27,28);1H. The maximum absolute atomic E-state index is 11.8. The van der Waals surface area contributed by atoms with Gasteiger partial charge in [-0.1, -0.05) is 24.3 Å². The van der Waals surface area contributed by atoms with E-state index in [1.165, 1.54) is 16.8 Å². The number of guanidine groups is 1. The van der Waals surface area contributed by atoms with Gasteiger partial charge in [-0.25, -0.2) is 0 Å². The summed E-state index contributed by atoms with van der Waals surface area (Å²) in [6.07, 6.45) is 0.808. The molecule has 2 aromatic rings. The molecule has 0 aliphatic carbocycles. The molecule has 32 heavy (non-hydrogen) atoms. The van der Waals surface area contributed by atoms with E-state index in [4.69, 9.17) is 4.99 Å². The highest BCUT2D eigenvalue weighted by Crippen LogP contribution is 2.23. The molecular weight excluding hydrogens is 513 g/mol. The SMILES string of the molecule is CCNC(=NCCc1cccc(C(=O)NC)c1)N1CCN(c2cccc(C)c2C)CC1.I. The van der Waals surface area contributed by atoms with E-state index in [2.05, 4.69) is 65.5 Å². The first-order chi connectivity index (χ1) is 15.0. The summed E-state index contributed by atoms with van der Waals surface area (Å²) in [4.78, 5) is 21.5. The van der Waals surface area contributed by atoms with Crippen molar-refractivity contribution in [1.29, 1.82) is 0 Å². The van der Waals surface area contributed by atoms with Crippen molar-refractivity contribution < 1.29 is 4.79 Å². The summed E-state index contributed by atoms with van der Waals surface area (Å²) in [6.45, 7) is 11.9. The monoisotopic (exact) mass is 549 g/mol. The number of hydrogen-bond donors (Lipinski definition) is 2. The van der Waals surface area contributed by atoms with Crippen LogP contribution in [0.4, 0.5) is 5.69 Å². The number of hydrogen-bond acceptors (Lipinski definition) is 3. The highest BCUT2D eigenvalue weighted by atomic mass is 127. The summed E-state index contributed by atoms with van der Waals surface area (Å²) >= 11 is 0. The minimum Gasteiger partial charge on any atom is -0.368 e. The molecule has 0 unspecified atom stereocenters. The smallest absolute Gasteiger partial charge is 0.251 e. The number of nitrogens with zero attached hydrogens (tertiary/aromatic N) is 3. The number of benzene rings is 2. The van der Waals surface area contributed by atoms with Crippen molar-refractivity contribution >= 4 is 41.5 Å². The minimum absolute atomic E-state index is 0. The van der Waals surface area contributed by atoms with Crippen LogP contribution in [0.25, 0.3) is 0 Å². The van der Waals surface area contributed by atoms with E-state index >= 15 is 0 Å². The van der Waals surface area contributed by atoms with Crippen LogP contribution in [0, 0.1) is 13.8 Å². The Morgan fingerprint density at radius 1 is 1.06 bits per heavy atom. The average Bonchev–Trinajstić information content (AvgIpc) is 2.80. The van der Waals surface area contributed by atoms with Gasteiger partial charge in [-0.2, -0.15) is 0 Å². The molecule has 1 fully saturated rings. The van der Waals surface area contributed by atoms with E-state index in [-0.39, 0.29) is 29.9 Å². The molecule has 2 N–H and O–H groups in total. The van der Waals surface area contributed by atoms with E-state index in [0.29, 0.717) is 12.1 Å². The fourth-order valence-corrected chi connectivity index (χ4v) is 3.97. The van der Waals surface area contributed by atoms with Gasteiger partial charge >= 0.3 is 0 Å². The first kappa shape index (κ1) is 26.0. The molecule has 1 amide bonds. The van der Waals surface area contributed by atoms with E-state index in [1.807, 2.05) is 18.2 Å². The zero-order valence-electron chi connectivity index (χ0n) is 19.6. The van der Waals surface area contributed by atoms with Crippen LogP contribution in [0.15, 0.2) is 47.5 Å². The van der Waals surface area contributed by atoms with Crippen LogP contribution in [0.5, 0.6) is 0 Å². The van der Waals surface area contributed by atoms with Crippen LogP contribution in [0.2, 0.25) is 0 Å². The largest absolute Gasteiger partial charge is 0.368 e. The highest BCUT2D eigenvalue weighted by molar-refractivity contribution is 14.0. The van der Waals surface area contributed by atoms with E-state index in [1.54, 1.807) is 7.05 Å². The first-order valence-electron chi connectivity index (χ1n) is 11.2. The number of aliphatic imine (C=N–C) groups is 1. The van der Waals surface area contributed by atoms with Gasteiger partial charge < -0.3 is 20.4 Å². The Morgan fingerprint density at radius 3 is 2.47 bits per heavy atom. The number of anilines is 1. The molecule has 0 saturated carbocycles. The van der Waals surface area contributed by atoms with Gasteiger partial charge in [-0.3, -0.25) is 9.79 Å². The highest BCUT2D eigenvalue weighted by Gasteiger charge is 2.21. The first-order valence-corrected chi connectivity index (χ1v) is 11.2. The average molecular weight is 550 g/mol. The van der Waals surface area contributed by atoms with Crippen molar-refractivity contribution in [2.24, 2.45) is 4.99 Å². The second-order valence-electron chi connectivity index (χ2n) is 7.96. The number of carbonyl (C=O) groups excluding carboxylic acids is 1. The van der Waals surface area contributed by atoms with Crippen LogP contribution in [0.1, 0.15) is 34.0 Å². The van der Waals surface area contributed by atoms with Crippen LogP contribution >= 0.6 is 24.0 Å². The second-order valence-corrected chi connectivity index (χ2v) is 7.96. The minimum atomic E-state index is -0.0552. The van der Waals surface area contributed by atoms with E-state index in [9.17, 15) is 4.79 Å². The molecular formula is C25H36IN5O. The van der Waals surface area contributed by atoms with Gasteiger partial charge in [0, 0.05) is 57.6 Å². The molecule has 3 rings (SSSR count). The quantitative estimate of drug-likeness (QED) is 0.329. The van der Waals surface area contributed by atoms with Gasteiger partial charge in [0.2, 0.25) is 0 Å². The van der Waals surface area contributed by atoms with Gasteiger partial charge in [-0.05, 0) is 62.1 Å². The van der Waals surface area contributed by atoms with E-state index < -0.39 is 0 Å². The topological polar surface area (TPSA) is 60.0 Å². The predicted octanol–water partition coefficient (Wildman–Crippen LogP) is 3.61. The molecule has 1 aliphatic rings. The van der Waals surface area contributed by atoms with Crippen molar-refractivity contribution in [2.75, 3.05) is 51.2 Å². The maximum Gasteiger partial charge on any atom is 0.251 e. The third-order valence-electron chi connectivity index (χ3n) is 5.91. The van der Waals surface area contributed by atoms with Crippen molar-refractivity contribution in [3.05, 3.63) is 64.7 Å². The molecule has 0 radical (unpaired) electrons. The molecule has 0 bridgehead atoms. The van der Waals surface area contributed by atoms with Crippen molar-refractivity contribution in [2.45, 2.75) is 27.2 Å². The van der Waals surface area contributed by atoms with Crippen LogP contribution in [0.3, 0.4) is 0 Å². The summed E-state index contributed by atoms with van der Waals surface area (Å²) < 4.78 is 0. The van der Waals surface area contributed by atoms with Crippen molar-refractivity contribution in [3.63, 3.8) is 0 Å². The lowest BCUT2D eigenvalue weighted by molar-refractivity contribution is 0.0963. The number of nitrogens with one attached hydrogen (secondary N) is 2. The summed E-state index contributed by atoms with van der Waals surface area (Å²) in [5.41, 5.74) is 5.88. The Labute approximate surface area is 209 Å². The molecule has 2 aromatic carbocycles. The lowest BCUT2D eigenvalue weighted by atomic mass is 10.1. The lowest BCUT2D eigenvalue weighted by Crippen LogP contribution is -2.52. The van der Waals surface area contributed by atoms with Gasteiger partial charge in [0.1, 0.15) is 0 Å². The van der Waals surface area contributed by atoms with Crippen molar-refractivity contribution in [1.82, 2.24) is 15.5 Å². The zero-order chi connectivity index (χ0) is 22.2. The molecule has 7 heteroatoms. The maximum atomic E-state index is 11.8. The Bertz CT molecular complexity index is 922. The van der Waals surface area contributed by atoms with Crippen molar-refractivity contribution in [3.8, 4) is 0 Å². The number of carbonyl (C=O) groups is 1. The molecule has 0 aromatic heterocycles. The Kier molecular flexibility index (Phi) is 10.3. The van der Waals surface area contributed by atoms with Gasteiger partial charge in [0.25, 0.3) is 5.91 Å². The number of aryl methyl sites for hydroxylation is 1. The Morgan fingerprint density at radius 2 is 1.78 bits per heavy atom. The molecule has 0 atom stereocenters. The molecule has 6 nitrogen and oxygen atoms in total. The van der Waals surface area contributed by atoms with Gasteiger partial charge in [0.15, 0.2) is 5.96 Å². The Balaban J connectivity index is 0.00000363. The molecule has 0 spiro atoms. The summed E-state index contributed by atoms with van der Waals surface area (Å²) in [6, 6.07) is 14.3. The fourth-order valence-electron chi connectivity index (χ4n) is 3.97. The molecule has 174 valence electrons. The number of halogens is 1. The molecule has 1 aliphatic heterocycles. The zero-order valence-corrected chi connectivity index (χ0v) is 22.0. The second kappa shape index (κ2) is 12.7. The van der Waals surface area contributed by atoms with Crippen LogP contribution in [-0.4, -0.2) is 63.1 Å². The number of amides is 1. The van der Waals surface area contributed by atoms with Gasteiger partial charge in [0.05, 0.1) is 0 Å².